The van der Waals surface area contributed by atoms with Crippen LogP contribution >= 0.6 is 0 Å². The second-order valence-electron chi connectivity index (χ2n) is 5.21. The van der Waals surface area contributed by atoms with E-state index in [4.69, 9.17) is 10.5 Å². The van der Waals surface area contributed by atoms with E-state index in [9.17, 15) is 5.11 Å². The molecule has 2 rings (SSSR count). The zero-order valence-electron chi connectivity index (χ0n) is 11.3. The maximum absolute atomic E-state index is 10.0. The molecule has 1 aliphatic rings. The molecule has 4 nitrogen and oxygen atoms in total. The van der Waals surface area contributed by atoms with Gasteiger partial charge in [-0.15, -0.1) is 0 Å². The van der Waals surface area contributed by atoms with Gasteiger partial charge in [0.15, 0.2) is 0 Å². The molecule has 0 amide bonds. The molecule has 1 aromatic carbocycles. The first-order valence-electron chi connectivity index (χ1n) is 7.05. The highest BCUT2D eigenvalue weighted by Gasteiger charge is 2.18. The molecule has 0 aromatic heterocycles. The van der Waals surface area contributed by atoms with E-state index >= 15 is 0 Å². The maximum atomic E-state index is 10.0. The number of nitrogens with two attached hydrogens (primary N) is 1. The zero-order chi connectivity index (χ0) is 13.5. The molecule has 0 bridgehead atoms. The lowest BCUT2D eigenvalue weighted by Gasteiger charge is -2.20. The highest BCUT2D eigenvalue weighted by Crippen LogP contribution is 2.10. The Hall–Kier alpha value is -0.940. The van der Waals surface area contributed by atoms with Gasteiger partial charge >= 0.3 is 0 Å². The Morgan fingerprint density at radius 3 is 2.84 bits per heavy atom. The second kappa shape index (κ2) is 7.60. The Morgan fingerprint density at radius 1 is 1.37 bits per heavy atom. The minimum absolute atomic E-state index is 0.237. The monoisotopic (exact) mass is 264 g/mol. The first kappa shape index (κ1) is 14.5. The molecule has 0 radical (unpaired) electrons. The van der Waals surface area contributed by atoms with Crippen molar-refractivity contribution in [1.29, 1.82) is 0 Å². The molecule has 0 aliphatic carbocycles. The van der Waals surface area contributed by atoms with E-state index in [1.807, 2.05) is 30.3 Å². The summed E-state index contributed by atoms with van der Waals surface area (Å²) in [7, 11) is 0. The molecular formula is C15H24N2O2. The van der Waals surface area contributed by atoms with Gasteiger partial charge in [0.05, 0.1) is 12.2 Å². The van der Waals surface area contributed by atoms with Crippen LogP contribution in [0.1, 0.15) is 18.4 Å². The third-order valence-electron chi connectivity index (χ3n) is 3.56. The minimum Gasteiger partial charge on any atom is -0.390 e. The largest absolute Gasteiger partial charge is 0.390 e. The Bertz CT molecular complexity index is 352. The standard InChI is InChI=1S/C15H24N2O2/c16-14(9-12-5-2-1-3-6-12)15(18)11-17-10-13-7-4-8-19-13/h1-3,5-6,13-15,17-18H,4,7-11,16H2/t13?,14-,15+/m0/s1. The van der Waals surface area contributed by atoms with Crippen LogP contribution in [0.4, 0.5) is 0 Å². The van der Waals surface area contributed by atoms with Crippen molar-refractivity contribution in [2.24, 2.45) is 5.73 Å². The minimum atomic E-state index is -0.526. The normalized spacial score (nSPS) is 22.3. The fourth-order valence-corrected chi connectivity index (χ4v) is 2.37. The third-order valence-corrected chi connectivity index (χ3v) is 3.56. The molecule has 1 aliphatic heterocycles. The lowest BCUT2D eigenvalue weighted by atomic mass is 10.0. The predicted octanol–water partition coefficient (Wildman–Crippen LogP) is 0.686. The Kier molecular flexibility index (Phi) is 5.79. The smallest absolute Gasteiger partial charge is 0.0818 e. The molecule has 106 valence electrons. The summed E-state index contributed by atoms with van der Waals surface area (Å²) in [5.41, 5.74) is 7.18. The second-order valence-corrected chi connectivity index (χ2v) is 5.21. The number of benzene rings is 1. The molecule has 19 heavy (non-hydrogen) atoms. The summed E-state index contributed by atoms with van der Waals surface area (Å²) < 4.78 is 5.52. The van der Waals surface area contributed by atoms with Gasteiger partial charge in [-0.05, 0) is 24.8 Å². The summed E-state index contributed by atoms with van der Waals surface area (Å²) in [6, 6.07) is 9.79. The molecule has 0 spiro atoms. The topological polar surface area (TPSA) is 67.5 Å². The van der Waals surface area contributed by atoms with Crippen LogP contribution in [0.15, 0.2) is 30.3 Å². The van der Waals surface area contributed by atoms with Gasteiger partial charge in [0.25, 0.3) is 0 Å². The lowest BCUT2D eigenvalue weighted by Crippen LogP contribution is -2.44. The fraction of sp³-hybridized carbons (Fsp3) is 0.600. The number of hydrogen-bond acceptors (Lipinski definition) is 4. The van der Waals surface area contributed by atoms with Crippen molar-refractivity contribution >= 4 is 0 Å². The van der Waals surface area contributed by atoms with E-state index in [1.54, 1.807) is 0 Å². The molecule has 1 saturated heterocycles. The van der Waals surface area contributed by atoms with Crippen molar-refractivity contribution < 1.29 is 9.84 Å². The van der Waals surface area contributed by atoms with Gasteiger partial charge in [-0.3, -0.25) is 0 Å². The van der Waals surface area contributed by atoms with E-state index in [-0.39, 0.29) is 6.04 Å². The quantitative estimate of drug-likeness (QED) is 0.678. The number of ether oxygens (including phenoxy) is 1. The summed E-state index contributed by atoms with van der Waals surface area (Å²) in [5.74, 6) is 0. The fourth-order valence-electron chi connectivity index (χ4n) is 2.37. The predicted molar refractivity (Wildman–Crippen MR) is 76.0 cm³/mol. The summed E-state index contributed by atoms with van der Waals surface area (Å²) in [6.07, 6.45) is 2.73. The van der Waals surface area contributed by atoms with E-state index < -0.39 is 6.10 Å². The maximum Gasteiger partial charge on any atom is 0.0818 e. The van der Waals surface area contributed by atoms with E-state index in [0.29, 0.717) is 19.1 Å². The van der Waals surface area contributed by atoms with E-state index in [0.717, 1.165) is 31.6 Å². The van der Waals surface area contributed by atoms with Crippen molar-refractivity contribution in [2.75, 3.05) is 19.7 Å². The van der Waals surface area contributed by atoms with Gasteiger partial charge in [-0.25, -0.2) is 0 Å². The summed E-state index contributed by atoms with van der Waals surface area (Å²) in [6.45, 7) is 2.19. The van der Waals surface area contributed by atoms with Crippen LogP contribution in [-0.2, 0) is 11.2 Å². The van der Waals surface area contributed by atoms with E-state index in [2.05, 4.69) is 5.32 Å². The van der Waals surface area contributed by atoms with Gasteiger partial charge in [0, 0.05) is 25.7 Å². The lowest BCUT2D eigenvalue weighted by molar-refractivity contribution is 0.0990. The van der Waals surface area contributed by atoms with Crippen molar-refractivity contribution in [3.05, 3.63) is 35.9 Å². The van der Waals surface area contributed by atoms with Gasteiger partial charge in [0.2, 0.25) is 0 Å². The van der Waals surface area contributed by atoms with Crippen LogP contribution in [-0.4, -0.2) is 43.1 Å². The average Bonchev–Trinajstić information content (AvgIpc) is 2.93. The molecule has 1 fully saturated rings. The summed E-state index contributed by atoms with van der Waals surface area (Å²) >= 11 is 0. The number of nitrogens with one attached hydrogen (secondary N) is 1. The van der Waals surface area contributed by atoms with E-state index in [1.165, 1.54) is 0 Å². The Morgan fingerprint density at radius 2 is 2.16 bits per heavy atom. The first-order chi connectivity index (χ1) is 9.25. The van der Waals surface area contributed by atoms with Crippen molar-refractivity contribution in [3.8, 4) is 0 Å². The highest BCUT2D eigenvalue weighted by molar-refractivity contribution is 5.16. The van der Waals surface area contributed by atoms with Crippen molar-refractivity contribution in [1.82, 2.24) is 5.32 Å². The summed E-state index contributed by atoms with van der Waals surface area (Å²) in [5, 5.41) is 13.3. The van der Waals surface area contributed by atoms with Gasteiger partial charge < -0.3 is 20.9 Å². The molecule has 3 atom stereocenters. The molecule has 4 N–H and O–H groups in total. The third kappa shape index (κ3) is 4.91. The van der Waals surface area contributed by atoms with Crippen molar-refractivity contribution in [3.63, 3.8) is 0 Å². The number of aliphatic hydroxyl groups excluding tert-OH is 1. The SMILES string of the molecule is N[C@@H](Cc1ccccc1)[C@H](O)CNCC1CCCO1. The molecule has 1 aromatic rings. The van der Waals surface area contributed by atoms with Crippen LogP contribution in [0.3, 0.4) is 0 Å². The number of hydrogen-bond donors (Lipinski definition) is 3. The van der Waals surface area contributed by atoms with Crippen LogP contribution in [0.25, 0.3) is 0 Å². The highest BCUT2D eigenvalue weighted by atomic mass is 16.5. The Balaban J connectivity index is 1.65. The molecule has 1 heterocycles. The Labute approximate surface area is 115 Å². The van der Waals surface area contributed by atoms with Crippen LogP contribution in [0.5, 0.6) is 0 Å². The van der Waals surface area contributed by atoms with Gasteiger partial charge in [-0.1, -0.05) is 30.3 Å². The molecule has 4 heteroatoms. The van der Waals surface area contributed by atoms with Crippen LogP contribution < -0.4 is 11.1 Å². The van der Waals surface area contributed by atoms with Crippen LogP contribution in [0, 0.1) is 0 Å². The first-order valence-corrected chi connectivity index (χ1v) is 7.05. The summed E-state index contributed by atoms with van der Waals surface area (Å²) in [4.78, 5) is 0. The zero-order valence-corrected chi connectivity index (χ0v) is 11.3. The number of aliphatic hydroxyl groups is 1. The molecule has 1 unspecified atom stereocenters. The average molecular weight is 264 g/mol. The molecule has 0 saturated carbocycles. The van der Waals surface area contributed by atoms with Gasteiger partial charge in [-0.2, -0.15) is 0 Å². The number of rotatable bonds is 7. The van der Waals surface area contributed by atoms with Crippen LogP contribution in [0.2, 0.25) is 0 Å². The molecular weight excluding hydrogens is 240 g/mol. The van der Waals surface area contributed by atoms with Crippen molar-refractivity contribution in [2.45, 2.75) is 37.5 Å². The van der Waals surface area contributed by atoms with Gasteiger partial charge in [0.1, 0.15) is 0 Å².